The number of urea groups is 1. The Bertz CT molecular complexity index is 881. The monoisotopic (exact) mass is 358 g/mol. The molecule has 7 nitrogen and oxygen atoms in total. The fraction of sp³-hybridized carbons (Fsp3) is 0.0625. The van der Waals surface area contributed by atoms with Crippen LogP contribution in [-0.2, 0) is 9.59 Å². The van der Waals surface area contributed by atoms with Crippen molar-refractivity contribution in [3.63, 3.8) is 0 Å². The van der Waals surface area contributed by atoms with E-state index in [1.165, 1.54) is 42.4 Å². The van der Waals surface area contributed by atoms with Crippen LogP contribution in [0.1, 0.15) is 5.56 Å². The zero-order chi connectivity index (χ0) is 18.0. The number of imide groups is 2. The summed E-state index contributed by atoms with van der Waals surface area (Å²) in [5.41, 5.74) is 0.338. The minimum Gasteiger partial charge on any atom is -0.273 e. The molecule has 0 unspecified atom stereocenters. The first-order valence-corrected chi connectivity index (χ1v) is 8.25. The molecule has 0 bridgehead atoms. The van der Waals surface area contributed by atoms with E-state index in [1.807, 2.05) is 6.26 Å². The third-order valence-electron chi connectivity index (χ3n) is 3.33. The SMILES string of the molecule is CSc1ncc(/C=C2/C(=O)NC(=O)N(c3ccc(F)cc3)C2=O)cn1. The van der Waals surface area contributed by atoms with Gasteiger partial charge in [-0.2, -0.15) is 0 Å². The van der Waals surface area contributed by atoms with Crippen LogP contribution in [-0.4, -0.2) is 34.1 Å². The van der Waals surface area contributed by atoms with E-state index in [0.717, 1.165) is 17.0 Å². The van der Waals surface area contributed by atoms with Crippen LogP contribution in [0.4, 0.5) is 14.9 Å². The average molecular weight is 358 g/mol. The molecule has 0 aliphatic carbocycles. The number of carbonyl (C=O) groups excluding carboxylic acids is 3. The zero-order valence-corrected chi connectivity index (χ0v) is 13.7. The first kappa shape index (κ1) is 16.8. The van der Waals surface area contributed by atoms with E-state index in [4.69, 9.17) is 0 Å². The fourth-order valence-corrected chi connectivity index (χ4v) is 2.47. The molecule has 0 saturated carbocycles. The van der Waals surface area contributed by atoms with Gasteiger partial charge in [-0.05, 0) is 36.6 Å². The number of rotatable bonds is 3. The second kappa shape index (κ2) is 6.81. The first-order valence-electron chi connectivity index (χ1n) is 7.02. The predicted molar refractivity (Wildman–Crippen MR) is 89.2 cm³/mol. The van der Waals surface area contributed by atoms with Crippen LogP contribution >= 0.6 is 11.8 Å². The van der Waals surface area contributed by atoms with E-state index in [9.17, 15) is 18.8 Å². The average Bonchev–Trinajstić information content (AvgIpc) is 2.60. The normalized spacial score (nSPS) is 16.3. The van der Waals surface area contributed by atoms with Gasteiger partial charge in [-0.25, -0.2) is 24.1 Å². The molecule has 1 aliphatic heterocycles. The van der Waals surface area contributed by atoms with E-state index in [1.54, 1.807) is 0 Å². The molecule has 1 aliphatic rings. The maximum Gasteiger partial charge on any atom is 0.335 e. The van der Waals surface area contributed by atoms with Crippen molar-refractivity contribution in [1.29, 1.82) is 0 Å². The number of carbonyl (C=O) groups is 3. The van der Waals surface area contributed by atoms with Crippen LogP contribution in [0, 0.1) is 5.82 Å². The summed E-state index contributed by atoms with van der Waals surface area (Å²) < 4.78 is 13.1. The highest BCUT2D eigenvalue weighted by Gasteiger charge is 2.36. The van der Waals surface area contributed by atoms with Crippen molar-refractivity contribution in [1.82, 2.24) is 15.3 Å². The summed E-state index contributed by atoms with van der Waals surface area (Å²) in [5, 5.41) is 2.63. The smallest absolute Gasteiger partial charge is 0.273 e. The Balaban J connectivity index is 1.97. The molecule has 1 aromatic carbocycles. The molecule has 1 N–H and O–H groups in total. The third kappa shape index (κ3) is 3.41. The summed E-state index contributed by atoms with van der Waals surface area (Å²) in [7, 11) is 0. The maximum atomic E-state index is 13.1. The number of barbiturate groups is 1. The van der Waals surface area contributed by atoms with Gasteiger partial charge in [-0.3, -0.25) is 14.9 Å². The number of hydrogen-bond donors (Lipinski definition) is 1. The van der Waals surface area contributed by atoms with Gasteiger partial charge in [0.2, 0.25) is 0 Å². The molecule has 1 saturated heterocycles. The molecular formula is C16H11FN4O3S. The minimum atomic E-state index is -0.896. The molecule has 9 heteroatoms. The first-order chi connectivity index (χ1) is 12.0. The Morgan fingerprint density at radius 2 is 1.76 bits per heavy atom. The van der Waals surface area contributed by atoms with E-state index >= 15 is 0 Å². The molecule has 25 heavy (non-hydrogen) atoms. The molecule has 126 valence electrons. The topological polar surface area (TPSA) is 92.3 Å². The van der Waals surface area contributed by atoms with Gasteiger partial charge in [0, 0.05) is 18.0 Å². The quantitative estimate of drug-likeness (QED) is 0.390. The van der Waals surface area contributed by atoms with Crippen molar-refractivity contribution in [3.05, 3.63) is 53.6 Å². The Hall–Kier alpha value is -3.07. The molecule has 1 aromatic heterocycles. The summed E-state index contributed by atoms with van der Waals surface area (Å²) in [6.07, 6.45) is 6.04. The lowest BCUT2D eigenvalue weighted by atomic mass is 10.1. The van der Waals surface area contributed by atoms with Crippen molar-refractivity contribution in [2.24, 2.45) is 0 Å². The highest BCUT2D eigenvalue weighted by atomic mass is 32.2. The van der Waals surface area contributed by atoms with E-state index in [2.05, 4.69) is 15.3 Å². The predicted octanol–water partition coefficient (Wildman–Crippen LogP) is 2.00. The van der Waals surface area contributed by atoms with Gasteiger partial charge in [-0.15, -0.1) is 0 Å². The summed E-state index contributed by atoms with van der Waals surface area (Å²) in [4.78, 5) is 45.5. The molecule has 4 amide bonds. The highest BCUT2D eigenvalue weighted by molar-refractivity contribution is 7.98. The van der Waals surface area contributed by atoms with Crippen LogP contribution in [0.15, 0.2) is 47.4 Å². The summed E-state index contributed by atoms with van der Waals surface area (Å²) in [6.45, 7) is 0. The van der Waals surface area contributed by atoms with Crippen molar-refractivity contribution >= 4 is 41.4 Å². The van der Waals surface area contributed by atoms with Crippen LogP contribution < -0.4 is 10.2 Å². The van der Waals surface area contributed by atoms with E-state index in [-0.39, 0.29) is 11.3 Å². The molecule has 0 atom stereocenters. The van der Waals surface area contributed by atoms with Gasteiger partial charge in [0.05, 0.1) is 5.69 Å². The standard InChI is InChI=1S/C16H11FN4O3S/c1-25-15-18-7-9(8-19-15)6-12-13(22)20-16(24)21(14(12)23)11-4-2-10(17)3-5-11/h2-8H,1H3,(H,20,22,24)/b12-6-. The Kier molecular flexibility index (Phi) is 4.57. The second-order valence-corrected chi connectivity index (χ2v) is 5.71. The highest BCUT2D eigenvalue weighted by Crippen LogP contribution is 2.22. The van der Waals surface area contributed by atoms with Crippen LogP contribution in [0.5, 0.6) is 0 Å². The Morgan fingerprint density at radius 1 is 1.12 bits per heavy atom. The lowest BCUT2D eigenvalue weighted by Gasteiger charge is -2.26. The number of hydrogen-bond acceptors (Lipinski definition) is 6. The maximum absolute atomic E-state index is 13.1. The number of benzene rings is 1. The van der Waals surface area contributed by atoms with Gasteiger partial charge in [0.15, 0.2) is 5.16 Å². The van der Waals surface area contributed by atoms with Crippen molar-refractivity contribution in [3.8, 4) is 0 Å². The van der Waals surface area contributed by atoms with Gasteiger partial charge in [0.25, 0.3) is 11.8 Å². The lowest BCUT2D eigenvalue weighted by molar-refractivity contribution is -0.122. The molecule has 0 radical (unpaired) electrons. The number of aromatic nitrogens is 2. The molecule has 2 heterocycles. The second-order valence-electron chi connectivity index (χ2n) is 4.94. The summed E-state index contributed by atoms with van der Waals surface area (Å²) in [6, 6.07) is 3.88. The molecule has 2 aromatic rings. The number of nitrogens with zero attached hydrogens (tertiary/aromatic N) is 3. The van der Waals surface area contributed by atoms with Crippen LogP contribution in [0.3, 0.4) is 0 Å². The summed E-state index contributed by atoms with van der Waals surface area (Å²) in [5.74, 6) is -2.14. The summed E-state index contributed by atoms with van der Waals surface area (Å²) >= 11 is 1.35. The minimum absolute atomic E-state index is 0.149. The number of anilines is 1. The fourth-order valence-electron chi connectivity index (χ4n) is 2.15. The van der Waals surface area contributed by atoms with Gasteiger partial charge in [-0.1, -0.05) is 11.8 Å². The van der Waals surface area contributed by atoms with Gasteiger partial charge < -0.3 is 0 Å². The number of halogens is 1. The van der Waals surface area contributed by atoms with E-state index < -0.39 is 23.7 Å². The van der Waals surface area contributed by atoms with Crippen molar-refractivity contribution in [2.75, 3.05) is 11.2 Å². The van der Waals surface area contributed by atoms with E-state index in [0.29, 0.717) is 10.7 Å². The third-order valence-corrected chi connectivity index (χ3v) is 3.90. The van der Waals surface area contributed by atoms with Crippen molar-refractivity contribution < 1.29 is 18.8 Å². The Labute approximate surface area is 146 Å². The largest absolute Gasteiger partial charge is 0.335 e. The lowest BCUT2D eigenvalue weighted by Crippen LogP contribution is -2.54. The molecule has 3 rings (SSSR count). The molecule has 0 spiro atoms. The molecular weight excluding hydrogens is 347 g/mol. The number of amides is 4. The molecule has 1 fully saturated rings. The van der Waals surface area contributed by atoms with Crippen molar-refractivity contribution in [2.45, 2.75) is 5.16 Å². The van der Waals surface area contributed by atoms with Crippen LogP contribution in [0.25, 0.3) is 6.08 Å². The van der Waals surface area contributed by atoms with Crippen LogP contribution in [0.2, 0.25) is 0 Å². The number of thioether (sulfide) groups is 1. The van der Waals surface area contributed by atoms with Gasteiger partial charge >= 0.3 is 6.03 Å². The van der Waals surface area contributed by atoms with Gasteiger partial charge in [0.1, 0.15) is 11.4 Å². The zero-order valence-electron chi connectivity index (χ0n) is 12.9. The Morgan fingerprint density at radius 3 is 2.36 bits per heavy atom. The number of nitrogens with one attached hydrogen (secondary N) is 1.